The first-order valence-electron chi connectivity index (χ1n) is 7.69. The van der Waals surface area contributed by atoms with Gasteiger partial charge in [0.15, 0.2) is 0 Å². The Morgan fingerprint density at radius 2 is 2.00 bits per heavy atom. The van der Waals surface area contributed by atoms with E-state index in [-0.39, 0.29) is 17.4 Å². The standard InChI is InChI=1S/C17H19N3O2/c21-16-14(10-13-8-4-5-9-15(13)19-16)11-18-20-17(22)12-6-2-1-3-7-12/h4-5,8-12H,1-3,6-7H2,(H,19,21)(H,20,22)/b18-11-. The van der Waals surface area contributed by atoms with Crippen molar-refractivity contribution >= 4 is 23.0 Å². The molecule has 0 aliphatic heterocycles. The number of H-pyrrole nitrogens is 1. The van der Waals surface area contributed by atoms with Crippen LogP contribution in [-0.2, 0) is 4.79 Å². The number of hydrazone groups is 1. The van der Waals surface area contributed by atoms with E-state index < -0.39 is 0 Å². The summed E-state index contributed by atoms with van der Waals surface area (Å²) in [6, 6.07) is 9.32. The second-order valence-corrected chi connectivity index (χ2v) is 5.71. The average molecular weight is 297 g/mol. The molecule has 22 heavy (non-hydrogen) atoms. The fraction of sp³-hybridized carbons (Fsp3) is 0.353. The topological polar surface area (TPSA) is 74.3 Å². The summed E-state index contributed by atoms with van der Waals surface area (Å²) in [7, 11) is 0. The Morgan fingerprint density at radius 1 is 1.23 bits per heavy atom. The number of amides is 1. The molecule has 0 atom stereocenters. The third-order valence-corrected chi connectivity index (χ3v) is 4.14. The van der Waals surface area contributed by atoms with Gasteiger partial charge >= 0.3 is 0 Å². The molecule has 5 heteroatoms. The van der Waals surface area contributed by atoms with Gasteiger partial charge in [-0.3, -0.25) is 9.59 Å². The number of carbonyl (C=O) groups is 1. The first kappa shape index (κ1) is 14.5. The molecule has 1 heterocycles. The summed E-state index contributed by atoms with van der Waals surface area (Å²) in [5.41, 5.74) is 3.56. The largest absolute Gasteiger partial charge is 0.321 e. The first-order valence-corrected chi connectivity index (χ1v) is 7.69. The predicted molar refractivity (Wildman–Crippen MR) is 86.9 cm³/mol. The molecule has 1 aliphatic carbocycles. The van der Waals surface area contributed by atoms with E-state index in [0.717, 1.165) is 36.6 Å². The monoisotopic (exact) mass is 297 g/mol. The molecule has 0 spiro atoms. The zero-order valence-corrected chi connectivity index (χ0v) is 12.3. The van der Waals surface area contributed by atoms with E-state index in [2.05, 4.69) is 15.5 Å². The van der Waals surface area contributed by atoms with Gasteiger partial charge in [-0.25, -0.2) is 5.43 Å². The summed E-state index contributed by atoms with van der Waals surface area (Å²) < 4.78 is 0. The zero-order valence-electron chi connectivity index (χ0n) is 12.3. The highest BCUT2D eigenvalue weighted by molar-refractivity contribution is 5.88. The molecule has 0 unspecified atom stereocenters. The maximum absolute atomic E-state index is 12.0. The number of para-hydroxylation sites is 1. The van der Waals surface area contributed by atoms with Crippen LogP contribution in [-0.4, -0.2) is 17.1 Å². The van der Waals surface area contributed by atoms with Crippen molar-refractivity contribution in [2.75, 3.05) is 0 Å². The number of hydrogen-bond donors (Lipinski definition) is 2. The number of fused-ring (bicyclic) bond motifs is 1. The van der Waals surface area contributed by atoms with Crippen LogP contribution in [0.2, 0.25) is 0 Å². The Labute approximate surface area is 128 Å². The van der Waals surface area contributed by atoms with E-state index in [0.29, 0.717) is 5.56 Å². The molecule has 0 saturated heterocycles. The summed E-state index contributed by atoms with van der Waals surface area (Å²) in [4.78, 5) is 26.7. The van der Waals surface area contributed by atoms with Crippen molar-refractivity contribution in [3.05, 3.63) is 46.2 Å². The molecule has 1 aromatic heterocycles. The van der Waals surface area contributed by atoms with Gasteiger partial charge in [0.1, 0.15) is 0 Å². The Balaban J connectivity index is 1.71. The molecule has 2 aromatic rings. The lowest BCUT2D eigenvalue weighted by atomic mass is 9.89. The van der Waals surface area contributed by atoms with E-state index in [4.69, 9.17) is 0 Å². The van der Waals surface area contributed by atoms with E-state index in [1.165, 1.54) is 12.6 Å². The van der Waals surface area contributed by atoms with Gasteiger partial charge < -0.3 is 4.98 Å². The average Bonchev–Trinajstić information content (AvgIpc) is 2.56. The minimum Gasteiger partial charge on any atom is -0.321 e. The Hall–Kier alpha value is -2.43. The van der Waals surface area contributed by atoms with Crippen molar-refractivity contribution in [2.24, 2.45) is 11.0 Å². The van der Waals surface area contributed by atoms with Gasteiger partial charge in [0.05, 0.1) is 11.8 Å². The van der Waals surface area contributed by atoms with Crippen LogP contribution in [0.15, 0.2) is 40.2 Å². The third kappa shape index (κ3) is 3.24. The summed E-state index contributed by atoms with van der Waals surface area (Å²) in [6.45, 7) is 0. The predicted octanol–water partition coefficient (Wildman–Crippen LogP) is 2.56. The highest BCUT2D eigenvalue weighted by atomic mass is 16.2. The number of benzene rings is 1. The number of rotatable bonds is 3. The van der Waals surface area contributed by atoms with Crippen LogP contribution < -0.4 is 11.0 Å². The lowest BCUT2D eigenvalue weighted by Crippen LogP contribution is -2.28. The van der Waals surface area contributed by atoms with Crippen molar-refractivity contribution < 1.29 is 4.79 Å². The number of hydrogen-bond acceptors (Lipinski definition) is 3. The molecular formula is C17H19N3O2. The molecule has 1 aliphatic rings. The normalized spacial score (nSPS) is 16.2. The molecule has 2 N–H and O–H groups in total. The molecule has 1 fully saturated rings. The molecule has 114 valence electrons. The van der Waals surface area contributed by atoms with E-state index in [9.17, 15) is 9.59 Å². The molecule has 5 nitrogen and oxygen atoms in total. The van der Waals surface area contributed by atoms with Gasteiger partial charge in [-0.2, -0.15) is 5.10 Å². The molecule has 1 amide bonds. The minimum atomic E-state index is -0.214. The van der Waals surface area contributed by atoms with Crippen molar-refractivity contribution in [1.29, 1.82) is 0 Å². The summed E-state index contributed by atoms with van der Waals surface area (Å²) in [6.07, 6.45) is 6.68. The summed E-state index contributed by atoms with van der Waals surface area (Å²) in [5.74, 6) is 0.00829. The maximum atomic E-state index is 12.0. The second kappa shape index (κ2) is 6.56. The number of nitrogens with one attached hydrogen (secondary N) is 2. The Kier molecular flexibility index (Phi) is 4.32. The zero-order chi connectivity index (χ0) is 15.4. The Morgan fingerprint density at radius 3 is 2.82 bits per heavy atom. The highest BCUT2D eigenvalue weighted by Crippen LogP contribution is 2.23. The Bertz CT molecular complexity index is 758. The molecule has 1 saturated carbocycles. The van der Waals surface area contributed by atoms with E-state index in [1.807, 2.05) is 24.3 Å². The van der Waals surface area contributed by atoms with Crippen molar-refractivity contribution in [1.82, 2.24) is 10.4 Å². The van der Waals surface area contributed by atoms with Crippen LogP contribution in [0.1, 0.15) is 37.7 Å². The highest BCUT2D eigenvalue weighted by Gasteiger charge is 2.20. The number of pyridine rings is 1. The molecule has 3 rings (SSSR count). The van der Waals surface area contributed by atoms with Crippen LogP contribution in [0.3, 0.4) is 0 Å². The number of carbonyl (C=O) groups excluding carboxylic acids is 1. The van der Waals surface area contributed by atoms with Crippen LogP contribution in [0.5, 0.6) is 0 Å². The number of aromatic amines is 1. The van der Waals surface area contributed by atoms with Gasteiger partial charge in [0, 0.05) is 11.4 Å². The minimum absolute atomic E-state index is 0.0480. The van der Waals surface area contributed by atoms with Crippen LogP contribution in [0.4, 0.5) is 0 Å². The van der Waals surface area contributed by atoms with Crippen LogP contribution in [0, 0.1) is 5.92 Å². The SMILES string of the molecule is O=C(N/N=C\c1cc2ccccc2[nH]c1=O)C1CCCCC1. The maximum Gasteiger partial charge on any atom is 0.257 e. The summed E-state index contributed by atoms with van der Waals surface area (Å²) >= 11 is 0. The van der Waals surface area contributed by atoms with Gasteiger partial charge in [-0.05, 0) is 30.4 Å². The molecule has 0 bridgehead atoms. The van der Waals surface area contributed by atoms with Crippen LogP contribution in [0.25, 0.3) is 10.9 Å². The van der Waals surface area contributed by atoms with Crippen molar-refractivity contribution in [2.45, 2.75) is 32.1 Å². The smallest absolute Gasteiger partial charge is 0.257 e. The quantitative estimate of drug-likeness (QED) is 0.675. The van der Waals surface area contributed by atoms with Crippen molar-refractivity contribution in [3.8, 4) is 0 Å². The first-order chi connectivity index (χ1) is 10.7. The van der Waals surface area contributed by atoms with E-state index >= 15 is 0 Å². The van der Waals surface area contributed by atoms with Gasteiger partial charge in [0.25, 0.3) is 5.56 Å². The fourth-order valence-corrected chi connectivity index (χ4v) is 2.88. The van der Waals surface area contributed by atoms with Crippen molar-refractivity contribution in [3.63, 3.8) is 0 Å². The number of aromatic nitrogens is 1. The lowest BCUT2D eigenvalue weighted by molar-refractivity contribution is -0.125. The fourth-order valence-electron chi connectivity index (χ4n) is 2.88. The molecular weight excluding hydrogens is 278 g/mol. The lowest BCUT2D eigenvalue weighted by Gasteiger charge is -2.19. The third-order valence-electron chi connectivity index (χ3n) is 4.14. The molecule has 1 aromatic carbocycles. The van der Waals surface area contributed by atoms with Gasteiger partial charge in [-0.15, -0.1) is 0 Å². The summed E-state index contributed by atoms with van der Waals surface area (Å²) in [5, 5.41) is 4.87. The van der Waals surface area contributed by atoms with Gasteiger partial charge in [-0.1, -0.05) is 37.5 Å². The van der Waals surface area contributed by atoms with E-state index in [1.54, 1.807) is 6.07 Å². The van der Waals surface area contributed by atoms with Gasteiger partial charge in [0.2, 0.25) is 5.91 Å². The number of nitrogens with zero attached hydrogens (tertiary/aromatic N) is 1. The van der Waals surface area contributed by atoms with Crippen LogP contribution >= 0.6 is 0 Å². The molecule has 0 radical (unpaired) electrons. The second-order valence-electron chi connectivity index (χ2n) is 5.71.